The van der Waals surface area contributed by atoms with E-state index in [-0.39, 0.29) is 0 Å². The Labute approximate surface area is 113 Å². The Kier molecular flexibility index (Phi) is 7.57. The van der Waals surface area contributed by atoms with Crippen LogP contribution in [0.3, 0.4) is 0 Å². The molecule has 0 bridgehead atoms. The van der Waals surface area contributed by atoms with Crippen molar-refractivity contribution in [3.05, 3.63) is 0 Å². The van der Waals surface area contributed by atoms with E-state index in [0.29, 0.717) is 11.8 Å². The first kappa shape index (κ1) is 17.2. The summed E-state index contributed by atoms with van der Waals surface area (Å²) in [7, 11) is 0. The normalized spacial score (nSPS) is 13.0. The van der Waals surface area contributed by atoms with Gasteiger partial charge in [0.1, 0.15) is 6.54 Å². The maximum absolute atomic E-state index is 11.4. The van der Waals surface area contributed by atoms with Crippen molar-refractivity contribution in [2.45, 2.75) is 32.3 Å². The highest BCUT2D eigenvalue weighted by molar-refractivity contribution is 8.14. The molecular formula is C10H15NO7S. The topological polar surface area (TPSA) is 119 Å². The molecule has 0 saturated heterocycles. The molecule has 1 unspecified atom stereocenters. The summed E-state index contributed by atoms with van der Waals surface area (Å²) in [6.07, 6.45) is -1.05. The molecule has 0 aliphatic carbocycles. The van der Waals surface area contributed by atoms with Crippen LogP contribution in [0, 0.1) is 0 Å². The van der Waals surface area contributed by atoms with E-state index in [1.165, 1.54) is 20.8 Å². The number of amides is 1. The van der Waals surface area contributed by atoms with Crippen LogP contribution in [-0.2, 0) is 23.9 Å². The number of nitrogens with one attached hydrogen (secondary N) is 1. The van der Waals surface area contributed by atoms with Crippen molar-refractivity contribution in [1.29, 1.82) is 0 Å². The number of hydrogen-bond acceptors (Lipinski definition) is 7. The van der Waals surface area contributed by atoms with Crippen LogP contribution in [0.25, 0.3) is 0 Å². The van der Waals surface area contributed by atoms with E-state index in [1.54, 1.807) is 0 Å². The van der Waals surface area contributed by atoms with Gasteiger partial charge < -0.3 is 19.9 Å². The fraction of sp³-hybridized carbons (Fsp3) is 0.600. The van der Waals surface area contributed by atoms with E-state index >= 15 is 0 Å². The molecule has 2 atom stereocenters. The third kappa shape index (κ3) is 8.89. The summed E-state index contributed by atoms with van der Waals surface area (Å²) < 4.78 is 9.26. The fourth-order valence-electron chi connectivity index (χ4n) is 0.925. The van der Waals surface area contributed by atoms with Gasteiger partial charge in [-0.3, -0.25) is 14.4 Å². The Hall–Kier alpha value is -1.77. The second-order valence-electron chi connectivity index (χ2n) is 3.42. The second kappa shape index (κ2) is 8.35. The summed E-state index contributed by atoms with van der Waals surface area (Å²) in [6.45, 7) is 3.41. The molecule has 0 aliphatic heterocycles. The third-order valence-electron chi connectivity index (χ3n) is 1.65. The molecular weight excluding hydrogens is 278 g/mol. The van der Waals surface area contributed by atoms with E-state index in [0.717, 1.165) is 0 Å². The zero-order valence-electron chi connectivity index (χ0n) is 10.7. The Morgan fingerprint density at radius 1 is 1.21 bits per heavy atom. The van der Waals surface area contributed by atoms with Crippen LogP contribution in [0.2, 0.25) is 0 Å². The molecule has 9 heteroatoms. The summed E-state index contributed by atoms with van der Waals surface area (Å²) in [5.74, 6) is -2.39. The Morgan fingerprint density at radius 2 is 1.79 bits per heavy atom. The van der Waals surface area contributed by atoms with Gasteiger partial charge in [-0.25, -0.2) is 4.79 Å². The second-order valence-corrected chi connectivity index (χ2v) is 4.69. The summed E-state index contributed by atoms with van der Waals surface area (Å²) >= 11 is 0.557. The standard InChI is InChI=1S/C10H15NO7S/c1-5(9(15)11-4-8(13)14)19-10(16)18-7(3)17-6(2)12/h5,7H,4H2,1-3H3,(H,11,15)(H,13,14)/t5?,7-/m1/s1. The van der Waals surface area contributed by atoms with E-state index in [2.05, 4.69) is 10.1 Å². The lowest BCUT2D eigenvalue weighted by molar-refractivity contribution is -0.160. The van der Waals surface area contributed by atoms with Crippen molar-refractivity contribution < 1.29 is 33.8 Å². The smallest absolute Gasteiger partial charge is 0.371 e. The number of hydrogen-bond donors (Lipinski definition) is 2. The molecule has 0 heterocycles. The number of carboxylic acids is 1. The molecule has 0 spiro atoms. The van der Waals surface area contributed by atoms with Crippen LogP contribution in [0.1, 0.15) is 20.8 Å². The van der Waals surface area contributed by atoms with Crippen LogP contribution in [0.4, 0.5) is 4.79 Å². The van der Waals surface area contributed by atoms with Gasteiger partial charge in [0.2, 0.25) is 12.2 Å². The lowest BCUT2D eigenvalue weighted by Crippen LogP contribution is -2.35. The maximum Gasteiger partial charge on any atom is 0.371 e. The van der Waals surface area contributed by atoms with Crippen LogP contribution in [-0.4, -0.2) is 46.3 Å². The average Bonchev–Trinajstić information content (AvgIpc) is 2.23. The van der Waals surface area contributed by atoms with E-state index in [4.69, 9.17) is 9.84 Å². The van der Waals surface area contributed by atoms with Gasteiger partial charge in [-0.15, -0.1) is 0 Å². The number of carbonyl (C=O) groups is 4. The Morgan fingerprint density at radius 3 is 2.26 bits per heavy atom. The number of carboxylic acid groups (broad SMARTS) is 1. The van der Waals surface area contributed by atoms with Crippen LogP contribution in [0.5, 0.6) is 0 Å². The van der Waals surface area contributed by atoms with Crippen molar-refractivity contribution in [1.82, 2.24) is 5.32 Å². The molecule has 0 aromatic heterocycles. The van der Waals surface area contributed by atoms with Gasteiger partial charge in [-0.1, -0.05) is 0 Å². The van der Waals surface area contributed by atoms with Gasteiger partial charge in [-0.2, -0.15) is 0 Å². The number of carbonyl (C=O) groups excluding carboxylic acids is 3. The highest BCUT2D eigenvalue weighted by atomic mass is 32.2. The van der Waals surface area contributed by atoms with Crippen molar-refractivity contribution >= 4 is 34.9 Å². The van der Waals surface area contributed by atoms with Crippen molar-refractivity contribution in [2.75, 3.05) is 6.54 Å². The van der Waals surface area contributed by atoms with Gasteiger partial charge in [0, 0.05) is 13.8 Å². The van der Waals surface area contributed by atoms with Crippen molar-refractivity contribution in [3.63, 3.8) is 0 Å². The van der Waals surface area contributed by atoms with Gasteiger partial charge in [0.25, 0.3) is 0 Å². The summed E-state index contributed by atoms with van der Waals surface area (Å²) in [5.41, 5.74) is 0. The molecule has 2 N–H and O–H groups in total. The predicted molar refractivity (Wildman–Crippen MR) is 65.4 cm³/mol. The van der Waals surface area contributed by atoms with Crippen LogP contribution in [0.15, 0.2) is 0 Å². The molecule has 0 aromatic carbocycles. The molecule has 8 nitrogen and oxygen atoms in total. The minimum absolute atomic E-state index is 0.525. The van der Waals surface area contributed by atoms with Crippen LogP contribution < -0.4 is 5.32 Å². The zero-order valence-corrected chi connectivity index (χ0v) is 11.5. The van der Waals surface area contributed by atoms with Crippen molar-refractivity contribution in [2.24, 2.45) is 0 Å². The van der Waals surface area contributed by atoms with Gasteiger partial charge in [0.15, 0.2) is 0 Å². The van der Waals surface area contributed by atoms with E-state index in [9.17, 15) is 19.2 Å². The van der Waals surface area contributed by atoms with Crippen LogP contribution >= 0.6 is 11.8 Å². The SMILES string of the molecule is CC(=O)O[C@@H](C)OC(=O)SC(C)C(=O)NCC(=O)O. The Bertz CT molecular complexity index is 371. The highest BCUT2D eigenvalue weighted by Crippen LogP contribution is 2.15. The number of thioether (sulfide) groups is 1. The van der Waals surface area contributed by atoms with Crippen molar-refractivity contribution in [3.8, 4) is 0 Å². The number of rotatable bonds is 6. The molecule has 0 aromatic rings. The quantitative estimate of drug-likeness (QED) is 0.532. The molecule has 108 valence electrons. The lowest BCUT2D eigenvalue weighted by Gasteiger charge is -2.14. The molecule has 0 radical (unpaired) electrons. The van der Waals surface area contributed by atoms with Gasteiger partial charge in [0.05, 0.1) is 5.25 Å². The molecule has 0 saturated carbocycles. The van der Waals surface area contributed by atoms with E-state index < -0.39 is 41.2 Å². The third-order valence-corrected chi connectivity index (χ3v) is 2.51. The minimum atomic E-state index is -1.18. The molecule has 1 amide bonds. The minimum Gasteiger partial charge on any atom is -0.480 e. The summed E-state index contributed by atoms with van der Waals surface area (Å²) in [5, 5.41) is 8.87. The lowest BCUT2D eigenvalue weighted by atomic mass is 10.4. The first-order chi connectivity index (χ1) is 8.72. The molecule has 0 aliphatic rings. The molecule has 19 heavy (non-hydrogen) atoms. The highest BCUT2D eigenvalue weighted by Gasteiger charge is 2.21. The number of ether oxygens (including phenoxy) is 2. The summed E-state index contributed by atoms with van der Waals surface area (Å²) in [4.78, 5) is 43.5. The maximum atomic E-state index is 11.4. The monoisotopic (exact) mass is 293 g/mol. The number of esters is 1. The summed E-state index contributed by atoms with van der Waals surface area (Å²) in [6, 6.07) is 0. The fourth-order valence-corrected chi connectivity index (χ4v) is 1.60. The van der Waals surface area contributed by atoms with Gasteiger partial charge >= 0.3 is 17.2 Å². The molecule has 0 rings (SSSR count). The largest absolute Gasteiger partial charge is 0.480 e. The first-order valence-corrected chi connectivity index (χ1v) is 6.14. The molecule has 0 fully saturated rings. The van der Waals surface area contributed by atoms with E-state index in [1.807, 2.05) is 0 Å². The zero-order chi connectivity index (χ0) is 15.0. The van der Waals surface area contributed by atoms with Gasteiger partial charge in [-0.05, 0) is 18.7 Å². The Balaban J connectivity index is 4.07. The first-order valence-electron chi connectivity index (χ1n) is 5.26. The predicted octanol–water partition coefficient (Wildman–Crippen LogP) is 0.355. The average molecular weight is 293 g/mol. The number of aliphatic carboxylic acids is 1.